The van der Waals surface area contributed by atoms with E-state index in [-0.39, 0.29) is 24.5 Å². The highest BCUT2D eigenvalue weighted by Gasteiger charge is 2.25. The number of hydrogen-bond donors (Lipinski definition) is 2. The Hall–Kier alpha value is -1.36. The van der Waals surface area contributed by atoms with Crippen LogP contribution in [-0.2, 0) is 11.3 Å². The molecule has 2 N–H and O–H groups in total. The summed E-state index contributed by atoms with van der Waals surface area (Å²) in [5, 5.41) is 16.4. The first-order chi connectivity index (χ1) is 8.79. The molecule has 100 valence electrons. The van der Waals surface area contributed by atoms with E-state index >= 15 is 0 Å². The molecule has 0 bridgehead atoms. The topological polar surface area (TPSA) is 67.2 Å². The molecular formula is C13H21N3O2. The molecule has 5 nitrogen and oxygen atoms in total. The van der Waals surface area contributed by atoms with E-state index in [0.717, 1.165) is 25.7 Å². The fourth-order valence-electron chi connectivity index (χ4n) is 2.54. The van der Waals surface area contributed by atoms with E-state index in [0.29, 0.717) is 13.0 Å². The SMILES string of the molecule is O=C(CCn1cccn1)NC1CCCCC1CO. The summed E-state index contributed by atoms with van der Waals surface area (Å²) in [4.78, 5) is 11.8. The van der Waals surface area contributed by atoms with E-state index in [9.17, 15) is 9.90 Å². The smallest absolute Gasteiger partial charge is 0.222 e. The minimum Gasteiger partial charge on any atom is -0.396 e. The molecule has 1 heterocycles. The molecule has 1 aliphatic rings. The lowest BCUT2D eigenvalue weighted by molar-refractivity contribution is -0.122. The van der Waals surface area contributed by atoms with Crippen molar-refractivity contribution >= 4 is 5.91 Å². The highest BCUT2D eigenvalue weighted by Crippen LogP contribution is 2.23. The van der Waals surface area contributed by atoms with Gasteiger partial charge in [-0.05, 0) is 18.9 Å². The summed E-state index contributed by atoms with van der Waals surface area (Å²) in [5.41, 5.74) is 0. The third-order valence-corrected chi connectivity index (χ3v) is 3.62. The number of nitrogens with zero attached hydrogens (tertiary/aromatic N) is 2. The fraction of sp³-hybridized carbons (Fsp3) is 0.692. The van der Waals surface area contributed by atoms with Crippen molar-refractivity contribution in [2.45, 2.75) is 44.7 Å². The van der Waals surface area contributed by atoms with Crippen LogP contribution in [-0.4, -0.2) is 33.4 Å². The molecule has 0 saturated heterocycles. The number of aromatic nitrogens is 2. The van der Waals surface area contributed by atoms with Crippen molar-refractivity contribution in [3.8, 4) is 0 Å². The number of carbonyl (C=O) groups is 1. The molecule has 0 spiro atoms. The Labute approximate surface area is 107 Å². The molecule has 0 aromatic carbocycles. The summed E-state index contributed by atoms with van der Waals surface area (Å²) in [5.74, 6) is 0.281. The van der Waals surface area contributed by atoms with Crippen molar-refractivity contribution in [2.24, 2.45) is 5.92 Å². The molecule has 2 atom stereocenters. The maximum absolute atomic E-state index is 11.8. The zero-order chi connectivity index (χ0) is 12.8. The van der Waals surface area contributed by atoms with E-state index < -0.39 is 0 Å². The third kappa shape index (κ3) is 3.57. The Morgan fingerprint density at radius 1 is 1.44 bits per heavy atom. The van der Waals surface area contributed by atoms with E-state index in [4.69, 9.17) is 0 Å². The van der Waals surface area contributed by atoms with Gasteiger partial charge in [0.1, 0.15) is 0 Å². The van der Waals surface area contributed by atoms with Crippen LogP contribution in [0.3, 0.4) is 0 Å². The molecule has 1 aliphatic carbocycles. The lowest BCUT2D eigenvalue weighted by Crippen LogP contribution is -2.43. The van der Waals surface area contributed by atoms with Crippen LogP contribution < -0.4 is 5.32 Å². The molecule has 1 fully saturated rings. The van der Waals surface area contributed by atoms with Crippen LogP contribution in [0.2, 0.25) is 0 Å². The van der Waals surface area contributed by atoms with Crippen LogP contribution in [0.4, 0.5) is 0 Å². The van der Waals surface area contributed by atoms with Gasteiger partial charge in [-0.2, -0.15) is 5.10 Å². The maximum atomic E-state index is 11.8. The van der Waals surface area contributed by atoms with Gasteiger partial charge in [0.25, 0.3) is 0 Å². The van der Waals surface area contributed by atoms with E-state index in [1.54, 1.807) is 10.9 Å². The molecule has 1 aromatic heterocycles. The summed E-state index contributed by atoms with van der Waals surface area (Å²) < 4.78 is 1.75. The van der Waals surface area contributed by atoms with Crippen LogP contribution in [0.1, 0.15) is 32.1 Å². The Balaban J connectivity index is 1.75. The van der Waals surface area contributed by atoms with E-state index in [1.165, 1.54) is 0 Å². The van der Waals surface area contributed by atoms with Gasteiger partial charge in [0.05, 0.1) is 0 Å². The van der Waals surface area contributed by atoms with Gasteiger partial charge in [0.15, 0.2) is 0 Å². The van der Waals surface area contributed by atoms with Crippen molar-refractivity contribution < 1.29 is 9.90 Å². The lowest BCUT2D eigenvalue weighted by Gasteiger charge is -2.30. The number of aryl methyl sites for hydroxylation is 1. The van der Waals surface area contributed by atoms with Gasteiger partial charge in [-0.1, -0.05) is 12.8 Å². The second kappa shape index (κ2) is 6.54. The highest BCUT2D eigenvalue weighted by molar-refractivity contribution is 5.76. The first kappa shape index (κ1) is 13.1. The van der Waals surface area contributed by atoms with Gasteiger partial charge in [0.2, 0.25) is 5.91 Å². The van der Waals surface area contributed by atoms with Gasteiger partial charge < -0.3 is 10.4 Å². The van der Waals surface area contributed by atoms with Crippen molar-refractivity contribution in [3.63, 3.8) is 0 Å². The van der Waals surface area contributed by atoms with Crippen LogP contribution in [0.15, 0.2) is 18.5 Å². The lowest BCUT2D eigenvalue weighted by atomic mass is 9.85. The predicted molar refractivity (Wildman–Crippen MR) is 67.8 cm³/mol. The quantitative estimate of drug-likeness (QED) is 0.818. The Bertz CT molecular complexity index is 364. The van der Waals surface area contributed by atoms with E-state index in [1.807, 2.05) is 12.3 Å². The third-order valence-electron chi connectivity index (χ3n) is 3.62. The average molecular weight is 251 g/mol. The number of aliphatic hydroxyl groups is 1. The van der Waals surface area contributed by atoms with Crippen molar-refractivity contribution in [1.29, 1.82) is 0 Å². The molecule has 0 radical (unpaired) electrons. The molecule has 5 heteroatoms. The Kier molecular flexibility index (Phi) is 4.75. The van der Waals surface area contributed by atoms with Gasteiger partial charge in [-0.3, -0.25) is 9.48 Å². The number of hydrogen-bond acceptors (Lipinski definition) is 3. The monoisotopic (exact) mass is 251 g/mol. The summed E-state index contributed by atoms with van der Waals surface area (Å²) in [7, 11) is 0. The molecule has 2 unspecified atom stereocenters. The molecular weight excluding hydrogens is 230 g/mol. The predicted octanol–water partition coefficient (Wildman–Crippen LogP) is 0.940. The molecule has 0 aliphatic heterocycles. The van der Waals surface area contributed by atoms with Crippen LogP contribution in [0.25, 0.3) is 0 Å². The van der Waals surface area contributed by atoms with Crippen molar-refractivity contribution in [3.05, 3.63) is 18.5 Å². The standard InChI is InChI=1S/C13H21N3O2/c17-10-11-4-1-2-5-12(11)15-13(18)6-9-16-8-3-7-14-16/h3,7-8,11-12,17H,1-2,4-6,9-10H2,(H,15,18). The van der Waals surface area contributed by atoms with Crippen molar-refractivity contribution in [1.82, 2.24) is 15.1 Å². The minimum atomic E-state index is 0.0517. The maximum Gasteiger partial charge on any atom is 0.222 e. The number of rotatable bonds is 5. The van der Waals surface area contributed by atoms with Crippen molar-refractivity contribution in [2.75, 3.05) is 6.61 Å². The van der Waals surface area contributed by atoms with Gasteiger partial charge in [0, 0.05) is 43.9 Å². The molecule has 1 amide bonds. The zero-order valence-corrected chi connectivity index (χ0v) is 10.6. The first-order valence-electron chi connectivity index (χ1n) is 6.67. The summed E-state index contributed by atoms with van der Waals surface area (Å²) in [6.07, 6.45) is 8.30. The summed E-state index contributed by atoms with van der Waals surface area (Å²) in [6, 6.07) is 2.00. The van der Waals surface area contributed by atoms with E-state index in [2.05, 4.69) is 10.4 Å². The number of aliphatic hydroxyl groups excluding tert-OH is 1. The van der Waals surface area contributed by atoms with Gasteiger partial charge >= 0.3 is 0 Å². The second-order valence-corrected chi connectivity index (χ2v) is 4.92. The largest absolute Gasteiger partial charge is 0.396 e. The number of carbonyl (C=O) groups excluding carboxylic acids is 1. The number of nitrogens with one attached hydrogen (secondary N) is 1. The first-order valence-corrected chi connectivity index (χ1v) is 6.67. The summed E-state index contributed by atoms with van der Waals surface area (Å²) in [6.45, 7) is 0.777. The molecule has 1 aromatic rings. The molecule has 1 saturated carbocycles. The highest BCUT2D eigenvalue weighted by atomic mass is 16.3. The van der Waals surface area contributed by atoms with Crippen LogP contribution in [0.5, 0.6) is 0 Å². The van der Waals surface area contributed by atoms with Crippen LogP contribution >= 0.6 is 0 Å². The Morgan fingerprint density at radius 2 is 2.28 bits per heavy atom. The normalized spacial score (nSPS) is 23.8. The molecule has 2 rings (SSSR count). The fourth-order valence-corrected chi connectivity index (χ4v) is 2.54. The summed E-state index contributed by atoms with van der Waals surface area (Å²) >= 11 is 0. The number of amides is 1. The van der Waals surface area contributed by atoms with Gasteiger partial charge in [-0.25, -0.2) is 0 Å². The average Bonchev–Trinajstić information content (AvgIpc) is 2.90. The second-order valence-electron chi connectivity index (χ2n) is 4.92. The van der Waals surface area contributed by atoms with Crippen LogP contribution in [0, 0.1) is 5.92 Å². The van der Waals surface area contributed by atoms with Gasteiger partial charge in [-0.15, -0.1) is 0 Å². The molecule has 18 heavy (non-hydrogen) atoms. The zero-order valence-electron chi connectivity index (χ0n) is 10.6. The minimum absolute atomic E-state index is 0.0517. The Morgan fingerprint density at radius 3 is 3.00 bits per heavy atom.